The van der Waals surface area contributed by atoms with E-state index in [0.717, 1.165) is 16.8 Å². The fourth-order valence-corrected chi connectivity index (χ4v) is 3.22. The minimum atomic E-state index is -0.482. The third-order valence-electron chi connectivity index (χ3n) is 4.13. The van der Waals surface area contributed by atoms with Gasteiger partial charge in [0.15, 0.2) is 5.17 Å². The summed E-state index contributed by atoms with van der Waals surface area (Å²) in [6.45, 7) is 3.96. The summed E-state index contributed by atoms with van der Waals surface area (Å²) in [5.74, 6) is 0.307. The van der Waals surface area contributed by atoms with Gasteiger partial charge in [-0.3, -0.25) is 4.79 Å². The first-order chi connectivity index (χ1) is 13.4. The Bertz CT molecular complexity index is 1140. The predicted octanol–water partition coefficient (Wildman–Crippen LogP) is 3.21. The number of fused-ring (bicyclic) bond motifs is 1. The van der Waals surface area contributed by atoms with Crippen molar-refractivity contribution in [3.05, 3.63) is 69.3 Å². The number of carbonyl (C=O) groups excluding carboxylic acids is 1. The lowest BCUT2D eigenvalue weighted by molar-refractivity contribution is 0.0601. The average molecular weight is 396 g/mol. The van der Waals surface area contributed by atoms with E-state index in [2.05, 4.69) is 15.0 Å². The number of ether oxygens (including phenoxy) is 1. The molecule has 2 aromatic carbocycles. The second kappa shape index (κ2) is 8.26. The Balaban J connectivity index is 1.83. The number of H-pyrrole nitrogens is 1. The van der Waals surface area contributed by atoms with Crippen molar-refractivity contribution in [1.29, 1.82) is 0 Å². The molecule has 0 unspecified atom stereocenters. The van der Waals surface area contributed by atoms with Crippen molar-refractivity contribution in [3.63, 3.8) is 0 Å². The van der Waals surface area contributed by atoms with Crippen LogP contribution in [0.3, 0.4) is 0 Å². The van der Waals surface area contributed by atoms with Crippen LogP contribution in [-0.4, -0.2) is 28.2 Å². The van der Waals surface area contributed by atoms with Crippen molar-refractivity contribution < 1.29 is 9.53 Å². The molecule has 0 amide bonds. The van der Waals surface area contributed by atoms with Gasteiger partial charge in [-0.15, -0.1) is 0 Å². The zero-order chi connectivity index (χ0) is 20.3. The van der Waals surface area contributed by atoms with Crippen LogP contribution in [0.2, 0.25) is 0 Å². The monoisotopic (exact) mass is 396 g/mol. The normalized spacial score (nSPS) is 11.6. The summed E-state index contributed by atoms with van der Waals surface area (Å²) in [6, 6.07) is 10.6. The molecule has 0 aliphatic carbocycles. The summed E-state index contributed by atoms with van der Waals surface area (Å²) in [6.07, 6.45) is 0. The Morgan fingerprint density at radius 1 is 1.25 bits per heavy atom. The largest absolute Gasteiger partial charge is 0.465 e. The molecule has 28 heavy (non-hydrogen) atoms. The van der Waals surface area contributed by atoms with Crippen molar-refractivity contribution in [3.8, 4) is 0 Å². The van der Waals surface area contributed by atoms with E-state index in [9.17, 15) is 9.59 Å². The molecule has 0 radical (unpaired) electrons. The van der Waals surface area contributed by atoms with Crippen LogP contribution in [0.15, 0.2) is 46.2 Å². The molecule has 0 spiro atoms. The fraction of sp³-hybridized carbons (Fsp3) is 0.200. The summed E-state index contributed by atoms with van der Waals surface area (Å²) in [5, 5.41) is 0.776. The maximum atomic E-state index is 12.3. The number of carbonyl (C=O) groups is 1. The molecule has 0 aliphatic rings. The van der Waals surface area contributed by atoms with Crippen LogP contribution in [0.4, 0.5) is 5.69 Å². The third-order valence-corrected chi connectivity index (χ3v) is 4.93. The zero-order valence-corrected chi connectivity index (χ0v) is 16.6. The minimum Gasteiger partial charge on any atom is -0.465 e. The number of aryl methyl sites for hydroxylation is 2. The molecule has 1 heterocycles. The molecule has 144 valence electrons. The molecule has 1 aromatic heterocycles. The van der Waals surface area contributed by atoms with Gasteiger partial charge in [-0.25, -0.2) is 14.8 Å². The number of nitrogens with zero attached hydrogens (tertiary/aromatic N) is 2. The summed E-state index contributed by atoms with van der Waals surface area (Å²) in [7, 11) is 1.30. The van der Waals surface area contributed by atoms with Gasteiger partial charge < -0.3 is 15.5 Å². The van der Waals surface area contributed by atoms with Crippen molar-refractivity contribution in [1.82, 2.24) is 9.97 Å². The lowest BCUT2D eigenvalue weighted by Gasteiger charge is -2.06. The molecule has 0 saturated heterocycles. The number of aromatic nitrogens is 2. The van der Waals surface area contributed by atoms with Crippen molar-refractivity contribution in [2.24, 2.45) is 10.7 Å². The quantitative estimate of drug-likeness (QED) is 0.398. The Hall–Kier alpha value is -3.13. The number of rotatable bonds is 4. The van der Waals surface area contributed by atoms with E-state index in [1.807, 2.05) is 32.0 Å². The molecular formula is C20H20N4O3S. The van der Waals surface area contributed by atoms with E-state index >= 15 is 0 Å². The highest BCUT2D eigenvalue weighted by Crippen LogP contribution is 2.22. The number of benzene rings is 2. The number of nitrogens with two attached hydrogens (primary N) is 1. The number of aliphatic imine (C=N–C) groups is 1. The van der Waals surface area contributed by atoms with Crippen LogP contribution in [0.1, 0.15) is 27.3 Å². The Kier molecular flexibility index (Phi) is 5.79. The van der Waals surface area contributed by atoms with Gasteiger partial charge >= 0.3 is 5.97 Å². The Morgan fingerprint density at radius 2 is 2.04 bits per heavy atom. The summed E-state index contributed by atoms with van der Waals surface area (Å²) in [4.78, 5) is 35.6. The van der Waals surface area contributed by atoms with Crippen LogP contribution < -0.4 is 11.3 Å². The second-order valence-electron chi connectivity index (χ2n) is 6.26. The predicted molar refractivity (Wildman–Crippen MR) is 112 cm³/mol. The minimum absolute atomic E-state index is 0.276. The van der Waals surface area contributed by atoms with Gasteiger partial charge in [-0.2, -0.15) is 0 Å². The molecule has 0 saturated carbocycles. The molecular weight excluding hydrogens is 376 g/mol. The van der Waals surface area contributed by atoms with Gasteiger partial charge in [-0.1, -0.05) is 23.9 Å². The number of thioether (sulfide) groups is 1. The van der Waals surface area contributed by atoms with Gasteiger partial charge in [-0.05, 0) is 49.2 Å². The van der Waals surface area contributed by atoms with E-state index < -0.39 is 5.97 Å². The van der Waals surface area contributed by atoms with E-state index in [1.165, 1.54) is 31.0 Å². The zero-order valence-electron chi connectivity index (χ0n) is 15.8. The van der Waals surface area contributed by atoms with Crippen molar-refractivity contribution >= 4 is 39.5 Å². The molecule has 3 N–H and O–H groups in total. The molecule has 3 aromatic rings. The van der Waals surface area contributed by atoms with Gasteiger partial charge in [0, 0.05) is 0 Å². The maximum absolute atomic E-state index is 12.3. The highest BCUT2D eigenvalue weighted by Gasteiger charge is 2.10. The molecule has 0 aliphatic heterocycles. The number of amidine groups is 1. The van der Waals surface area contributed by atoms with Crippen LogP contribution >= 0.6 is 11.8 Å². The van der Waals surface area contributed by atoms with Gasteiger partial charge in [0.05, 0.1) is 35.0 Å². The molecule has 0 bridgehead atoms. The SMILES string of the molecule is COC(=O)c1ccc2c(=O)[nH]c(CSC(N)=Nc3cc(C)ccc3C)nc2c1. The first-order valence-electron chi connectivity index (χ1n) is 8.53. The molecule has 0 atom stereocenters. The summed E-state index contributed by atoms with van der Waals surface area (Å²) in [5.41, 5.74) is 9.46. The number of esters is 1. The number of nitrogens with one attached hydrogen (secondary N) is 1. The number of methoxy groups -OCH3 is 1. The maximum Gasteiger partial charge on any atom is 0.337 e. The molecule has 3 rings (SSSR count). The van der Waals surface area contributed by atoms with E-state index in [0.29, 0.717) is 33.2 Å². The highest BCUT2D eigenvalue weighted by molar-refractivity contribution is 8.13. The van der Waals surface area contributed by atoms with E-state index in [1.54, 1.807) is 6.07 Å². The van der Waals surface area contributed by atoms with E-state index in [4.69, 9.17) is 10.5 Å². The van der Waals surface area contributed by atoms with Crippen molar-refractivity contribution in [2.45, 2.75) is 19.6 Å². The fourth-order valence-electron chi connectivity index (χ4n) is 2.63. The standard InChI is InChI=1S/C20H20N4O3S/c1-11-4-5-12(2)15(8-11)23-20(21)28-10-17-22-16-9-13(19(26)27-3)6-7-14(16)18(25)24-17/h4-9H,10H2,1-3H3,(H2,21,23)(H,22,24,25). The van der Waals surface area contributed by atoms with Gasteiger partial charge in [0.1, 0.15) is 5.82 Å². The third kappa shape index (κ3) is 4.40. The van der Waals surface area contributed by atoms with Crippen molar-refractivity contribution in [2.75, 3.05) is 7.11 Å². The number of hydrogen-bond donors (Lipinski definition) is 2. The van der Waals surface area contributed by atoms with Crippen LogP contribution in [0.25, 0.3) is 10.9 Å². The Labute approximate surface area is 166 Å². The molecule has 8 heteroatoms. The number of hydrogen-bond acceptors (Lipinski definition) is 6. The molecule has 0 fully saturated rings. The number of aromatic amines is 1. The average Bonchev–Trinajstić information content (AvgIpc) is 2.68. The second-order valence-corrected chi connectivity index (χ2v) is 7.26. The van der Waals surface area contributed by atoms with Crippen LogP contribution in [-0.2, 0) is 10.5 Å². The summed E-state index contributed by atoms with van der Waals surface area (Å²) < 4.78 is 4.71. The van der Waals surface area contributed by atoms with Crippen LogP contribution in [0, 0.1) is 13.8 Å². The summed E-state index contributed by atoms with van der Waals surface area (Å²) >= 11 is 1.27. The lowest BCUT2D eigenvalue weighted by Crippen LogP contribution is -2.14. The molecule has 7 nitrogen and oxygen atoms in total. The topological polar surface area (TPSA) is 110 Å². The highest BCUT2D eigenvalue weighted by atomic mass is 32.2. The lowest BCUT2D eigenvalue weighted by atomic mass is 10.1. The van der Waals surface area contributed by atoms with Gasteiger partial charge in [0.2, 0.25) is 0 Å². The van der Waals surface area contributed by atoms with Crippen LogP contribution in [0.5, 0.6) is 0 Å². The van der Waals surface area contributed by atoms with Gasteiger partial charge in [0.25, 0.3) is 5.56 Å². The first kappa shape index (κ1) is 19.6. The van der Waals surface area contributed by atoms with E-state index in [-0.39, 0.29) is 5.56 Å². The first-order valence-corrected chi connectivity index (χ1v) is 9.51. The smallest absolute Gasteiger partial charge is 0.337 e. The Morgan fingerprint density at radius 3 is 2.79 bits per heavy atom.